The van der Waals surface area contributed by atoms with Crippen LogP contribution in [0.15, 0.2) is 36.4 Å². The zero-order valence-corrected chi connectivity index (χ0v) is 14.1. The Labute approximate surface area is 140 Å². The average molecular weight is 346 g/mol. The first-order valence-electron chi connectivity index (χ1n) is 7.65. The average Bonchev–Trinajstić information content (AvgIpc) is 2.86. The fourth-order valence-electron chi connectivity index (χ4n) is 2.84. The Balaban J connectivity index is 1.97. The summed E-state index contributed by atoms with van der Waals surface area (Å²) in [5, 5.41) is 9.36. The summed E-state index contributed by atoms with van der Waals surface area (Å²) < 4.78 is 25.4. The molecule has 0 atom stereocenters. The highest BCUT2D eigenvalue weighted by molar-refractivity contribution is 7.89. The summed E-state index contributed by atoms with van der Waals surface area (Å²) in [5.74, 6) is -0.847. The number of aromatic nitrogens is 1. The van der Waals surface area contributed by atoms with Crippen LogP contribution in [0, 0.1) is 6.92 Å². The van der Waals surface area contributed by atoms with Crippen LogP contribution in [0.4, 0.5) is 0 Å². The quantitative estimate of drug-likeness (QED) is 0.918. The molecular weight excluding hydrogens is 328 g/mol. The van der Waals surface area contributed by atoms with E-state index in [1.165, 1.54) is 10.4 Å². The van der Waals surface area contributed by atoms with Crippen LogP contribution >= 0.6 is 0 Å². The van der Waals surface area contributed by atoms with Crippen LogP contribution < -0.4 is 0 Å². The number of carboxylic acid groups (broad SMARTS) is 1. The van der Waals surface area contributed by atoms with E-state index in [9.17, 15) is 18.3 Å². The molecule has 126 valence electrons. The van der Waals surface area contributed by atoms with Crippen molar-refractivity contribution in [2.45, 2.75) is 19.9 Å². The number of hydrogen-bond acceptors (Lipinski definition) is 4. The number of rotatable bonds is 4. The van der Waals surface area contributed by atoms with Gasteiger partial charge in [0.1, 0.15) is 0 Å². The Morgan fingerprint density at radius 2 is 2.08 bits per heavy atom. The minimum absolute atomic E-state index is 0.131. The Hall–Kier alpha value is -2.25. The number of nitrogens with zero attached hydrogens (tertiary/aromatic N) is 2. The molecule has 0 saturated carbocycles. The van der Waals surface area contributed by atoms with Gasteiger partial charge in [-0.15, -0.1) is 0 Å². The van der Waals surface area contributed by atoms with Crippen molar-refractivity contribution in [2.24, 2.45) is 0 Å². The van der Waals surface area contributed by atoms with Crippen LogP contribution in [0.5, 0.6) is 0 Å². The molecule has 2 aromatic rings. The van der Waals surface area contributed by atoms with Crippen molar-refractivity contribution in [2.75, 3.05) is 12.3 Å². The van der Waals surface area contributed by atoms with E-state index in [0.717, 1.165) is 11.3 Å². The minimum Gasteiger partial charge on any atom is -0.478 e. The summed E-state index contributed by atoms with van der Waals surface area (Å²) in [6, 6.07) is 10.4. The molecule has 6 nitrogen and oxygen atoms in total. The van der Waals surface area contributed by atoms with Crippen molar-refractivity contribution < 1.29 is 18.3 Å². The molecule has 3 rings (SSSR count). The maximum Gasteiger partial charge on any atom is 0.337 e. The van der Waals surface area contributed by atoms with Gasteiger partial charge in [0.25, 0.3) is 0 Å². The van der Waals surface area contributed by atoms with E-state index < -0.39 is 16.0 Å². The number of aryl methyl sites for hydroxylation is 1. The standard InChI is InChI=1S/C17H18N2O4S/c1-12-6-7-15(17(20)21)16(18-12)14-5-2-4-13(10-14)11-19-8-3-9-24(19,22)23/h2,4-7,10H,3,8-9,11H2,1H3,(H,20,21). The topological polar surface area (TPSA) is 87.6 Å². The molecule has 0 unspecified atom stereocenters. The lowest BCUT2D eigenvalue weighted by atomic mass is 10.0. The van der Waals surface area contributed by atoms with E-state index in [1.807, 2.05) is 12.1 Å². The first kappa shape index (κ1) is 16.6. The van der Waals surface area contributed by atoms with E-state index in [4.69, 9.17) is 0 Å². The van der Waals surface area contributed by atoms with Gasteiger partial charge >= 0.3 is 5.97 Å². The van der Waals surface area contributed by atoms with Gasteiger partial charge < -0.3 is 5.11 Å². The van der Waals surface area contributed by atoms with Crippen LogP contribution in [0.25, 0.3) is 11.3 Å². The maximum atomic E-state index is 11.9. The van der Waals surface area contributed by atoms with Gasteiger partial charge in [0.2, 0.25) is 10.0 Å². The second kappa shape index (κ2) is 6.33. The fourth-order valence-corrected chi connectivity index (χ4v) is 4.34. The summed E-state index contributed by atoms with van der Waals surface area (Å²) in [7, 11) is -3.17. The number of carbonyl (C=O) groups is 1. The van der Waals surface area contributed by atoms with Crippen LogP contribution in [0.2, 0.25) is 0 Å². The van der Waals surface area contributed by atoms with Crippen molar-refractivity contribution >= 4 is 16.0 Å². The SMILES string of the molecule is Cc1ccc(C(=O)O)c(-c2cccc(CN3CCCS3(=O)=O)c2)n1. The number of hydrogen-bond donors (Lipinski definition) is 1. The van der Waals surface area contributed by atoms with E-state index in [-0.39, 0.29) is 11.3 Å². The second-order valence-corrected chi connectivity index (χ2v) is 7.95. The molecule has 1 aliphatic rings. The van der Waals surface area contributed by atoms with Crippen LogP contribution in [0.1, 0.15) is 28.0 Å². The van der Waals surface area contributed by atoms with Crippen molar-refractivity contribution in [3.05, 3.63) is 53.2 Å². The van der Waals surface area contributed by atoms with Crippen LogP contribution in [0.3, 0.4) is 0 Å². The molecule has 1 aliphatic heterocycles. The summed E-state index contributed by atoms with van der Waals surface area (Å²) in [6.45, 7) is 2.62. The number of sulfonamides is 1. The van der Waals surface area contributed by atoms with Crippen LogP contribution in [-0.2, 0) is 16.6 Å². The van der Waals surface area contributed by atoms with E-state index in [2.05, 4.69) is 4.98 Å². The molecule has 0 radical (unpaired) electrons. The molecule has 0 spiro atoms. The molecule has 1 aromatic carbocycles. The molecular formula is C17H18N2O4S. The summed E-state index contributed by atoms with van der Waals surface area (Å²) >= 11 is 0. The van der Waals surface area contributed by atoms with Crippen LogP contribution in [-0.4, -0.2) is 41.1 Å². The maximum absolute atomic E-state index is 11.9. The highest BCUT2D eigenvalue weighted by Gasteiger charge is 2.28. The minimum atomic E-state index is -3.17. The third kappa shape index (κ3) is 3.32. The molecule has 0 bridgehead atoms. The first-order valence-corrected chi connectivity index (χ1v) is 9.26. The van der Waals surface area contributed by atoms with Crippen molar-refractivity contribution in [3.8, 4) is 11.3 Å². The molecule has 0 amide bonds. The Morgan fingerprint density at radius 3 is 2.75 bits per heavy atom. The zero-order valence-electron chi connectivity index (χ0n) is 13.3. The molecule has 1 aromatic heterocycles. The second-order valence-electron chi connectivity index (χ2n) is 5.86. The van der Waals surface area contributed by atoms with Gasteiger partial charge in [-0.25, -0.2) is 13.2 Å². The molecule has 7 heteroatoms. The number of aromatic carboxylic acids is 1. The number of pyridine rings is 1. The zero-order chi connectivity index (χ0) is 17.3. The lowest BCUT2D eigenvalue weighted by molar-refractivity contribution is 0.0697. The molecule has 0 aliphatic carbocycles. The van der Waals surface area contributed by atoms with Crippen molar-refractivity contribution in [1.29, 1.82) is 0 Å². The van der Waals surface area contributed by atoms with Gasteiger partial charge in [-0.05, 0) is 37.1 Å². The third-order valence-electron chi connectivity index (χ3n) is 4.03. The lowest BCUT2D eigenvalue weighted by Gasteiger charge is -2.15. The van der Waals surface area contributed by atoms with Crippen molar-refractivity contribution in [1.82, 2.24) is 9.29 Å². The summed E-state index contributed by atoms with van der Waals surface area (Å²) in [6.07, 6.45) is 0.643. The smallest absolute Gasteiger partial charge is 0.337 e. The summed E-state index contributed by atoms with van der Waals surface area (Å²) in [4.78, 5) is 15.8. The predicted molar refractivity (Wildman–Crippen MR) is 90.2 cm³/mol. The molecule has 24 heavy (non-hydrogen) atoms. The monoisotopic (exact) mass is 346 g/mol. The highest BCUT2D eigenvalue weighted by atomic mass is 32.2. The third-order valence-corrected chi connectivity index (χ3v) is 5.93. The Kier molecular flexibility index (Phi) is 4.38. The van der Waals surface area contributed by atoms with Gasteiger partial charge in [0, 0.05) is 24.3 Å². The fraction of sp³-hybridized carbons (Fsp3) is 0.294. The largest absolute Gasteiger partial charge is 0.478 e. The first-order chi connectivity index (χ1) is 11.4. The molecule has 1 N–H and O–H groups in total. The van der Waals surface area contributed by atoms with Gasteiger partial charge in [0.15, 0.2) is 0 Å². The van der Waals surface area contributed by atoms with Gasteiger partial charge in [-0.2, -0.15) is 4.31 Å². The molecule has 2 heterocycles. The van der Waals surface area contributed by atoms with Gasteiger partial charge in [-0.3, -0.25) is 4.98 Å². The number of benzene rings is 1. The normalized spacial score (nSPS) is 17.0. The number of carboxylic acids is 1. The predicted octanol–water partition coefficient (Wildman–Crippen LogP) is 2.29. The lowest BCUT2D eigenvalue weighted by Crippen LogP contribution is -2.25. The van der Waals surface area contributed by atoms with E-state index in [0.29, 0.717) is 30.8 Å². The highest BCUT2D eigenvalue weighted by Crippen LogP contribution is 2.25. The Morgan fingerprint density at radius 1 is 1.29 bits per heavy atom. The Bertz CT molecular complexity index is 893. The van der Waals surface area contributed by atoms with Gasteiger partial charge in [-0.1, -0.05) is 18.2 Å². The summed E-state index contributed by atoms with van der Waals surface area (Å²) in [5.41, 5.74) is 2.74. The molecule has 1 fully saturated rings. The van der Waals surface area contributed by atoms with Crippen molar-refractivity contribution in [3.63, 3.8) is 0 Å². The molecule has 1 saturated heterocycles. The van der Waals surface area contributed by atoms with Gasteiger partial charge in [0.05, 0.1) is 17.0 Å². The van der Waals surface area contributed by atoms with E-state index >= 15 is 0 Å². The van der Waals surface area contributed by atoms with E-state index in [1.54, 1.807) is 25.1 Å².